The lowest BCUT2D eigenvalue weighted by molar-refractivity contribution is -0.134. The number of nitrogens with zero attached hydrogens (tertiary/aromatic N) is 2. The number of halogens is 1. The smallest absolute Gasteiger partial charge is 0.263 e. The third-order valence-corrected chi connectivity index (χ3v) is 5.03. The van der Waals surface area contributed by atoms with Crippen LogP contribution < -0.4 is 15.0 Å². The van der Waals surface area contributed by atoms with E-state index in [1.807, 2.05) is 5.38 Å². The highest BCUT2D eigenvalue weighted by molar-refractivity contribution is 7.13. The maximum Gasteiger partial charge on any atom is 0.263 e. The quantitative estimate of drug-likeness (QED) is 0.882. The van der Waals surface area contributed by atoms with Crippen LogP contribution in [0.5, 0.6) is 5.75 Å². The second-order valence-electron chi connectivity index (χ2n) is 6.29. The number of carbonyl (C=O) groups is 1. The summed E-state index contributed by atoms with van der Waals surface area (Å²) in [5.41, 5.74) is -0.956. The van der Waals surface area contributed by atoms with Gasteiger partial charge in [-0.2, -0.15) is 0 Å². The van der Waals surface area contributed by atoms with E-state index < -0.39 is 5.60 Å². The standard InChI is InChI=1S/C17H20ClN3O2S/c1-17(2,23-14-5-3-12(18)4-6-14)15(22)20-13-7-9-21(11-13)16-19-8-10-24-16/h3-6,8,10,13H,7,9,11H2,1-2H3,(H,20,22). The number of thiazole rings is 1. The van der Waals surface area contributed by atoms with Crippen LogP contribution in [-0.4, -0.2) is 35.6 Å². The Morgan fingerprint density at radius 3 is 2.83 bits per heavy atom. The number of nitrogens with one attached hydrogen (secondary N) is 1. The van der Waals surface area contributed by atoms with Crippen molar-refractivity contribution in [3.63, 3.8) is 0 Å². The van der Waals surface area contributed by atoms with Gasteiger partial charge >= 0.3 is 0 Å². The van der Waals surface area contributed by atoms with Crippen molar-refractivity contribution in [2.75, 3.05) is 18.0 Å². The SMILES string of the molecule is CC(C)(Oc1ccc(Cl)cc1)C(=O)NC1CCN(c2nccs2)C1. The predicted molar refractivity (Wildman–Crippen MR) is 97.0 cm³/mol. The van der Waals surface area contributed by atoms with Crippen molar-refractivity contribution in [3.05, 3.63) is 40.9 Å². The Balaban J connectivity index is 1.56. The van der Waals surface area contributed by atoms with E-state index in [4.69, 9.17) is 16.3 Å². The fourth-order valence-electron chi connectivity index (χ4n) is 2.63. The molecule has 1 amide bonds. The first-order chi connectivity index (χ1) is 11.4. The van der Waals surface area contributed by atoms with Crippen LogP contribution in [0.4, 0.5) is 5.13 Å². The number of hydrogen-bond acceptors (Lipinski definition) is 5. The van der Waals surface area contributed by atoms with Crippen LogP contribution in [0.2, 0.25) is 5.02 Å². The molecule has 2 heterocycles. The van der Waals surface area contributed by atoms with Crippen molar-refractivity contribution in [2.24, 2.45) is 0 Å². The van der Waals surface area contributed by atoms with Crippen molar-refractivity contribution in [2.45, 2.75) is 31.9 Å². The normalized spacial score (nSPS) is 17.8. The lowest BCUT2D eigenvalue weighted by atomic mass is 10.1. The number of rotatable bonds is 5. The third-order valence-electron chi connectivity index (χ3n) is 3.95. The topological polar surface area (TPSA) is 54.5 Å². The Morgan fingerprint density at radius 1 is 1.42 bits per heavy atom. The van der Waals surface area contributed by atoms with E-state index in [1.54, 1.807) is 55.6 Å². The van der Waals surface area contributed by atoms with E-state index >= 15 is 0 Å². The number of anilines is 1. The Labute approximate surface area is 150 Å². The monoisotopic (exact) mass is 365 g/mol. The summed E-state index contributed by atoms with van der Waals surface area (Å²) in [6.07, 6.45) is 2.71. The predicted octanol–water partition coefficient (Wildman–Crippen LogP) is 3.35. The summed E-state index contributed by atoms with van der Waals surface area (Å²) in [6.45, 7) is 5.21. The summed E-state index contributed by atoms with van der Waals surface area (Å²) in [4.78, 5) is 19.1. The molecule has 3 rings (SSSR count). The molecule has 1 unspecified atom stereocenters. The molecule has 0 spiro atoms. The lowest BCUT2D eigenvalue weighted by Crippen LogP contribution is -2.50. The molecule has 1 atom stereocenters. The Bertz CT molecular complexity index is 688. The fraction of sp³-hybridized carbons (Fsp3) is 0.412. The molecule has 1 fully saturated rings. The second kappa shape index (κ2) is 6.99. The summed E-state index contributed by atoms with van der Waals surface area (Å²) < 4.78 is 5.83. The summed E-state index contributed by atoms with van der Waals surface area (Å²) in [7, 11) is 0. The molecule has 1 aliphatic heterocycles. The first kappa shape index (κ1) is 17.0. The molecule has 0 aliphatic carbocycles. The molecule has 2 aromatic rings. The summed E-state index contributed by atoms with van der Waals surface area (Å²) in [5.74, 6) is 0.499. The molecule has 1 aromatic heterocycles. The zero-order valence-corrected chi connectivity index (χ0v) is 15.2. The molecular formula is C17H20ClN3O2S. The van der Waals surface area contributed by atoms with Crippen LogP contribution in [0.1, 0.15) is 20.3 Å². The molecule has 0 radical (unpaired) electrons. The highest BCUT2D eigenvalue weighted by Gasteiger charge is 2.34. The summed E-state index contributed by atoms with van der Waals surface area (Å²) >= 11 is 7.49. The molecule has 0 saturated carbocycles. The second-order valence-corrected chi connectivity index (χ2v) is 7.60. The number of ether oxygens (including phenoxy) is 1. The van der Waals surface area contributed by atoms with Crippen molar-refractivity contribution in [3.8, 4) is 5.75 Å². The van der Waals surface area contributed by atoms with Crippen molar-refractivity contribution in [1.29, 1.82) is 0 Å². The Kier molecular flexibility index (Phi) is 4.96. The van der Waals surface area contributed by atoms with Crippen LogP contribution >= 0.6 is 22.9 Å². The van der Waals surface area contributed by atoms with Gasteiger partial charge in [0.05, 0.1) is 0 Å². The van der Waals surface area contributed by atoms with Gasteiger partial charge < -0.3 is 15.0 Å². The van der Waals surface area contributed by atoms with Gasteiger partial charge in [-0.1, -0.05) is 11.6 Å². The number of carbonyl (C=O) groups excluding carboxylic acids is 1. The summed E-state index contributed by atoms with van der Waals surface area (Å²) in [6, 6.07) is 7.12. The zero-order valence-electron chi connectivity index (χ0n) is 13.7. The van der Waals surface area contributed by atoms with E-state index in [0.717, 1.165) is 24.6 Å². The van der Waals surface area contributed by atoms with Gasteiger partial charge in [-0.3, -0.25) is 4.79 Å². The van der Waals surface area contributed by atoms with Gasteiger partial charge in [-0.05, 0) is 44.5 Å². The van der Waals surface area contributed by atoms with Crippen LogP contribution in [0, 0.1) is 0 Å². The van der Waals surface area contributed by atoms with Crippen LogP contribution in [-0.2, 0) is 4.79 Å². The van der Waals surface area contributed by atoms with Crippen LogP contribution in [0.15, 0.2) is 35.8 Å². The molecule has 1 N–H and O–H groups in total. The van der Waals surface area contributed by atoms with Gasteiger partial charge in [-0.25, -0.2) is 4.98 Å². The summed E-state index contributed by atoms with van der Waals surface area (Å²) in [5, 5.41) is 6.69. The van der Waals surface area contributed by atoms with Gasteiger partial charge in [0.2, 0.25) is 0 Å². The minimum atomic E-state index is -0.956. The zero-order chi connectivity index (χ0) is 17.2. The first-order valence-corrected chi connectivity index (χ1v) is 9.10. The number of aromatic nitrogens is 1. The van der Waals surface area contributed by atoms with Gasteiger partial charge in [-0.15, -0.1) is 11.3 Å². The molecule has 1 aliphatic rings. The van der Waals surface area contributed by atoms with E-state index in [-0.39, 0.29) is 11.9 Å². The largest absolute Gasteiger partial charge is 0.478 e. The van der Waals surface area contributed by atoms with Gasteiger partial charge in [0.25, 0.3) is 5.91 Å². The lowest BCUT2D eigenvalue weighted by Gasteiger charge is -2.27. The molecule has 1 saturated heterocycles. The van der Waals surface area contributed by atoms with Crippen LogP contribution in [0.25, 0.3) is 0 Å². The van der Waals surface area contributed by atoms with Crippen molar-refractivity contribution >= 4 is 34.0 Å². The Hall–Kier alpha value is -1.79. The Morgan fingerprint density at radius 2 is 2.17 bits per heavy atom. The number of benzene rings is 1. The molecule has 7 heteroatoms. The van der Waals surface area contributed by atoms with E-state index in [9.17, 15) is 4.79 Å². The van der Waals surface area contributed by atoms with Gasteiger partial charge in [0, 0.05) is 35.7 Å². The van der Waals surface area contributed by atoms with E-state index in [0.29, 0.717) is 10.8 Å². The van der Waals surface area contributed by atoms with Crippen molar-refractivity contribution in [1.82, 2.24) is 10.3 Å². The van der Waals surface area contributed by atoms with Crippen molar-refractivity contribution < 1.29 is 9.53 Å². The minimum absolute atomic E-state index is 0.106. The maximum absolute atomic E-state index is 12.6. The van der Waals surface area contributed by atoms with Crippen LogP contribution in [0.3, 0.4) is 0 Å². The molecule has 5 nitrogen and oxygen atoms in total. The molecule has 128 valence electrons. The van der Waals surface area contributed by atoms with E-state index in [2.05, 4.69) is 15.2 Å². The number of amides is 1. The third kappa shape index (κ3) is 3.99. The van der Waals surface area contributed by atoms with Gasteiger partial charge in [0.1, 0.15) is 5.75 Å². The molecule has 0 bridgehead atoms. The average Bonchev–Trinajstić information content (AvgIpc) is 3.20. The maximum atomic E-state index is 12.6. The van der Waals surface area contributed by atoms with Gasteiger partial charge in [0.15, 0.2) is 10.7 Å². The highest BCUT2D eigenvalue weighted by Crippen LogP contribution is 2.24. The molecule has 24 heavy (non-hydrogen) atoms. The number of hydrogen-bond donors (Lipinski definition) is 1. The highest BCUT2D eigenvalue weighted by atomic mass is 35.5. The first-order valence-electron chi connectivity index (χ1n) is 7.84. The van der Waals surface area contributed by atoms with E-state index in [1.165, 1.54) is 0 Å². The molecule has 1 aromatic carbocycles. The fourth-order valence-corrected chi connectivity index (χ4v) is 3.43. The minimum Gasteiger partial charge on any atom is -0.478 e. The molecular weight excluding hydrogens is 346 g/mol. The average molecular weight is 366 g/mol.